The Bertz CT molecular complexity index is 957. The van der Waals surface area contributed by atoms with Gasteiger partial charge in [0.25, 0.3) is 0 Å². The van der Waals surface area contributed by atoms with Crippen molar-refractivity contribution in [3.63, 3.8) is 0 Å². The minimum absolute atomic E-state index is 0.628. The molecule has 0 unspecified atom stereocenters. The van der Waals surface area contributed by atoms with Crippen molar-refractivity contribution in [3.8, 4) is 22.5 Å². The Morgan fingerprint density at radius 1 is 1.08 bits per heavy atom. The molecule has 0 saturated heterocycles. The van der Waals surface area contributed by atoms with Gasteiger partial charge in [-0.15, -0.1) is 0 Å². The van der Waals surface area contributed by atoms with Crippen molar-refractivity contribution in [2.24, 2.45) is 13.0 Å². The molecule has 126 valence electrons. The standard InChI is InChI=1S/C22H24N3/c1-14(2)9-16-11-23-12-19-18(16)10-21-20(19)13-25(4)22(24-21)17-8-6-5-7-15(17)3/h5-8,11-14H,9-10H2,1-4H3/q+1. The number of rotatable bonds is 3. The Kier molecular flexibility index (Phi) is 3.87. The maximum atomic E-state index is 5.05. The van der Waals surface area contributed by atoms with Crippen LogP contribution >= 0.6 is 0 Å². The van der Waals surface area contributed by atoms with Crippen LogP contribution in [0, 0.1) is 12.8 Å². The summed E-state index contributed by atoms with van der Waals surface area (Å²) < 4.78 is 2.14. The Hall–Kier alpha value is -2.55. The largest absolute Gasteiger partial charge is 0.330 e. The second-order valence-electron chi connectivity index (χ2n) is 7.45. The quantitative estimate of drug-likeness (QED) is 0.531. The molecule has 4 rings (SSSR count). The lowest BCUT2D eigenvalue weighted by Crippen LogP contribution is -2.33. The zero-order valence-corrected chi connectivity index (χ0v) is 15.4. The summed E-state index contributed by atoms with van der Waals surface area (Å²) in [5.74, 6) is 1.66. The minimum atomic E-state index is 0.628. The van der Waals surface area contributed by atoms with Gasteiger partial charge in [0.2, 0.25) is 0 Å². The maximum absolute atomic E-state index is 5.05. The predicted molar refractivity (Wildman–Crippen MR) is 100 cm³/mol. The van der Waals surface area contributed by atoms with Crippen LogP contribution in [0.15, 0.2) is 42.9 Å². The molecule has 0 bridgehead atoms. The fourth-order valence-corrected chi connectivity index (χ4v) is 3.78. The van der Waals surface area contributed by atoms with E-state index in [1.54, 1.807) is 0 Å². The summed E-state index contributed by atoms with van der Waals surface area (Å²) in [6.45, 7) is 6.66. The first-order valence-electron chi connectivity index (χ1n) is 8.96. The van der Waals surface area contributed by atoms with Gasteiger partial charge in [-0.25, -0.2) is 4.57 Å². The number of pyridine rings is 1. The van der Waals surface area contributed by atoms with Gasteiger partial charge in [0.1, 0.15) is 6.20 Å². The molecule has 1 aromatic carbocycles. The van der Waals surface area contributed by atoms with Crippen molar-refractivity contribution in [1.82, 2.24) is 9.97 Å². The lowest BCUT2D eigenvalue weighted by Gasteiger charge is -2.09. The van der Waals surface area contributed by atoms with Gasteiger partial charge in [-0.1, -0.05) is 32.0 Å². The summed E-state index contributed by atoms with van der Waals surface area (Å²) in [5, 5.41) is 0. The third kappa shape index (κ3) is 2.74. The van der Waals surface area contributed by atoms with Crippen LogP contribution in [0.3, 0.4) is 0 Å². The van der Waals surface area contributed by atoms with Crippen molar-refractivity contribution in [2.45, 2.75) is 33.6 Å². The topological polar surface area (TPSA) is 29.7 Å². The number of benzene rings is 1. The van der Waals surface area contributed by atoms with Gasteiger partial charge >= 0.3 is 5.82 Å². The van der Waals surface area contributed by atoms with Crippen LogP contribution in [-0.2, 0) is 19.9 Å². The maximum Gasteiger partial charge on any atom is 0.330 e. The van der Waals surface area contributed by atoms with E-state index in [9.17, 15) is 0 Å². The third-order valence-corrected chi connectivity index (χ3v) is 5.00. The van der Waals surface area contributed by atoms with Gasteiger partial charge < -0.3 is 0 Å². The lowest BCUT2D eigenvalue weighted by molar-refractivity contribution is -0.662. The number of fused-ring (bicyclic) bond motifs is 3. The van der Waals surface area contributed by atoms with E-state index in [-0.39, 0.29) is 0 Å². The Balaban J connectivity index is 1.83. The van der Waals surface area contributed by atoms with Crippen molar-refractivity contribution in [1.29, 1.82) is 0 Å². The first kappa shape index (κ1) is 15.9. The molecule has 0 radical (unpaired) electrons. The summed E-state index contributed by atoms with van der Waals surface area (Å²) in [6.07, 6.45) is 8.24. The SMILES string of the molecule is Cc1ccccc1-c1nc2c(c[n+]1C)-c1cncc(CC(C)C)c1C2. The third-order valence-electron chi connectivity index (χ3n) is 5.00. The van der Waals surface area contributed by atoms with Gasteiger partial charge in [-0.05, 0) is 47.0 Å². The van der Waals surface area contributed by atoms with E-state index < -0.39 is 0 Å². The molecular formula is C22H24N3+. The molecule has 0 atom stereocenters. The summed E-state index contributed by atoms with van der Waals surface area (Å²) in [7, 11) is 2.08. The average Bonchev–Trinajstić information content (AvgIpc) is 2.93. The first-order valence-corrected chi connectivity index (χ1v) is 8.96. The minimum Gasteiger partial charge on any atom is -0.264 e. The van der Waals surface area contributed by atoms with Crippen LogP contribution in [0.5, 0.6) is 0 Å². The molecule has 0 saturated carbocycles. The molecule has 2 heterocycles. The molecule has 2 aromatic heterocycles. The van der Waals surface area contributed by atoms with Crippen LogP contribution < -0.4 is 4.57 Å². The van der Waals surface area contributed by atoms with Crippen LogP contribution in [0.1, 0.15) is 36.2 Å². The van der Waals surface area contributed by atoms with Crippen molar-refractivity contribution in [3.05, 3.63) is 65.2 Å². The van der Waals surface area contributed by atoms with E-state index in [1.165, 1.54) is 39.1 Å². The Morgan fingerprint density at radius 3 is 2.64 bits per heavy atom. The highest BCUT2D eigenvalue weighted by Crippen LogP contribution is 2.37. The molecule has 0 amide bonds. The van der Waals surface area contributed by atoms with E-state index in [4.69, 9.17) is 4.98 Å². The second-order valence-corrected chi connectivity index (χ2v) is 7.45. The monoisotopic (exact) mass is 330 g/mol. The fraction of sp³-hybridized carbons (Fsp3) is 0.318. The Labute approximate surface area is 149 Å². The lowest BCUT2D eigenvalue weighted by atomic mass is 9.97. The highest BCUT2D eigenvalue weighted by molar-refractivity contribution is 5.75. The molecule has 0 N–H and O–H groups in total. The highest BCUT2D eigenvalue weighted by Gasteiger charge is 2.30. The van der Waals surface area contributed by atoms with Gasteiger partial charge in [-0.2, -0.15) is 0 Å². The normalized spacial score (nSPS) is 12.4. The first-order chi connectivity index (χ1) is 12.0. The van der Waals surface area contributed by atoms with Crippen LogP contribution in [-0.4, -0.2) is 9.97 Å². The smallest absolute Gasteiger partial charge is 0.264 e. The molecule has 25 heavy (non-hydrogen) atoms. The van der Waals surface area contributed by atoms with E-state index >= 15 is 0 Å². The molecule has 0 aliphatic heterocycles. The van der Waals surface area contributed by atoms with Crippen molar-refractivity contribution < 1.29 is 4.57 Å². The number of nitrogens with zero attached hydrogens (tertiary/aromatic N) is 3. The molecule has 1 aliphatic carbocycles. The van der Waals surface area contributed by atoms with E-state index in [2.05, 4.69) is 67.8 Å². The highest BCUT2D eigenvalue weighted by atomic mass is 15.0. The van der Waals surface area contributed by atoms with Crippen LogP contribution in [0.25, 0.3) is 22.5 Å². The predicted octanol–water partition coefficient (Wildman–Crippen LogP) is 4.05. The molecule has 3 heteroatoms. The molecule has 3 aromatic rings. The van der Waals surface area contributed by atoms with Gasteiger partial charge in [-0.3, -0.25) is 4.98 Å². The summed E-state index contributed by atoms with van der Waals surface area (Å²) in [4.78, 5) is 9.55. The number of hydrogen-bond donors (Lipinski definition) is 0. The van der Waals surface area contributed by atoms with Gasteiger partial charge in [0.05, 0.1) is 18.2 Å². The zero-order valence-electron chi connectivity index (χ0n) is 15.4. The summed E-state index contributed by atoms with van der Waals surface area (Å²) >= 11 is 0. The van der Waals surface area contributed by atoms with Crippen LogP contribution in [0.2, 0.25) is 0 Å². The average molecular weight is 330 g/mol. The summed E-state index contributed by atoms with van der Waals surface area (Å²) in [5.41, 5.74) is 8.89. The number of aromatic nitrogens is 3. The molecule has 0 spiro atoms. The van der Waals surface area contributed by atoms with Crippen molar-refractivity contribution >= 4 is 0 Å². The van der Waals surface area contributed by atoms with E-state index in [1.807, 2.05) is 12.4 Å². The second kappa shape index (κ2) is 6.07. The number of hydrogen-bond acceptors (Lipinski definition) is 2. The van der Waals surface area contributed by atoms with E-state index in [0.717, 1.165) is 18.7 Å². The Morgan fingerprint density at radius 2 is 1.88 bits per heavy atom. The van der Waals surface area contributed by atoms with Crippen LogP contribution in [0.4, 0.5) is 0 Å². The molecule has 1 aliphatic rings. The molecule has 3 nitrogen and oxygen atoms in total. The molecule has 0 fully saturated rings. The fourth-order valence-electron chi connectivity index (χ4n) is 3.78. The van der Waals surface area contributed by atoms with E-state index in [0.29, 0.717) is 5.92 Å². The van der Waals surface area contributed by atoms with Gasteiger partial charge in [0, 0.05) is 24.4 Å². The zero-order chi connectivity index (χ0) is 17.6. The van der Waals surface area contributed by atoms with Gasteiger partial charge in [0.15, 0.2) is 5.69 Å². The summed E-state index contributed by atoms with van der Waals surface area (Å²) in [6, 6.07) is 8.45. The number of aryl methyl sites for hydroxylation is 2. The molecular weight excluding hydrogens is 306 g/mol. The van der Waals surface area contributed by atoms with Crippen molar-refractivity contribution in [2.75, 3.05) is 0 Å².